The van der Waals surface area contributed by atoms with Gasteiger partial charge >= 0.3 is 0 Å². The zero-order valence-corrected chi connectivity index (χ0v) is 40.6. The molecule has 19 heteroatoms. The molecule has 67 heavy (non-hydrogen) atoms. The number of aliphatic imine (C=N–C) groups is 3. The number of nitrogens with zero attached hydrogens (tertiary/aromatic N) is 3. The van der Waals surface area contributed by atoms with E-state index >= 15 is 0 Å². The minimum atomic E-state index is -1.39. The molecule has 0 spiro atoms. The molecular formula is C48H73N11O8. The van der Waals surface area contributed by atoms with Gasteiger partial charge < -0.3 is 50.1 Å². The fraction of sp³-hybridized carbons (Fsp3) is 0.667. The van der Waals surface area contributed by atoms with Crippen molar-refractivity contribution < 1.29 is 38.7 Å². The Morgan fingerprint density at radius 1 is 0.731 bits per heavy atom. The van der Waals surface area contributed by atoms with Crippen LogP contribution in [0.15, 0.2) is 49.3 Å². The van der Waals surface area contributed by atoms with Crippen molar-refractivity contribution in [2.75, 3.05) is 6.54 Å². The van der Waals surface area contributed by atoms with Crippen LogP contribution in [0.5, 0.6) is 0 Å². The topological polar surface area (TPSA) is 357 Å². The smallest absolute Gasteiger partial charge is 0.220 e. The lowest BCUT2D eigenvalue weighted by Crippen LogP contribution is -2.56. The van der Waals surface area contributed by atoms with Gasteiger partial charge in [-0.15, -0.1) is 0 Å². The minimum Gasteiger partial charge on any atom is -0.392 e. The molecule has 8 bridgehead atoms. The molecule has 5 aliphatic rings. The van der Waals surface area contributed by atoms with Crippen LogP contribution >= 0.6 is 0 Å². The number of nitrogens with one attached hydrogen (secondary N) is 2. The molecule has 5 heterocycles. The van der Waals surface area contributed by atoms with E-state index in [2.05, 4.69) is 10.6 Å². The van der Waals surface area contributed by atoms with Crippen molar-refractivity contribution >= 4 is 58.5 Å². The molecule has 10 atom stereocenters. The maximum Gasteiger partial charge on any atom is 0.220 e. The lowest BCUT2D eigenvalue weighted by Gasteiger charge is -2.48. The molecule has 15 N–H and O–H groups in total. The molecule has 0 aromatic rings. The normalized spacial score (nSPS) is 33.3. The van der Waals surface area contributed by atoms with E-state index in [4.69, 9.17) is 49.4 Å². The van der Waals surface area contributed by atoms with Crippen LogP contribution in [0.25, 0.3) is 0 Å². The van der Waals surface area contributed by atoms with Gasteiger partial charge in [-0.1, -0.05) is 34.6 Å². The lowest BCUT2D eigenvalue weighted by atomic mass is 9.55. The molecule has 1 saturated heterocycles. The number of aliphatic hydroxyl groups excluding tert-OH is 1. The number of carbonyl (C=O) groups is 7. The van der Waals surface area contributed by atoms with Crippen LogP contribution < -0.4 is 45.0 Å². The van der Waals surface area contributed by atoms with E-state index in [1.54, 1.807) is 6.92 Å². The highest BCUT2D eigenvalue weighted by molar-refractivity contribution is 6.10. The quantitative estimate of drug-likeness (QED) is 0.0857. The summed E-state index contributed by atoms with van der Waals surface area (Å²) in [6.45, 7) is 16.9. The molecule has 19 nitrogen and oxygen atoms in total. The zero-order chi connectivity index (χ0) is 50.4. The summed E-state index contributed by atoms with van der Waals surface area (Å²) < 4.78 is 0. The van der Waals surface area contributed by atoms with E-state index in [9.17, 15) is 38.7 Å². The van der Waals surface area contributed by atoms with Gasteiger partial charge in [0.15, 0.2) is 0 Å². The first-order valence-electron chi connectivity index (χ1n) is 23.3. The van der Waals surface area contributed by atoms with Crippen molar-refractivity contribution in [3.63, 3.8) is 0 Å². The number of primary amides is 6. The first-order chi connectivity index (χ1) is 30.9. The van der Waals surface area contributed by atoms with Crippen LogP contribution in [0.2, 0.25) is 0 Å². The number of amides is 7. The highest BCUT2D eigenvalue weighted by Crippen LogP contribution is 2.62. The van der Waals surface area contributed by atoms with Gasteiger partial charge in [-0.25, -0.2) is 0 Å². The average molecular weight is 932 g/mol. The first kappa shape index (κ1) is 52.3. The monoisotopic (exact) mass is 932 g/mol. The summed E-state index contributed by atoms with van der Waals surface area (Å²) in [4.78, 5) is 108. The molecule has 0 aromatic carbocycles. The fourth-order valence-corrected chi connectivity index (χ4v) is 12.3. The number of aliphatic hydroxyl groups is 1. The van der Waals surface area contributed by atoms with Crippen LogP contribution in [0.1, 0.15) is 133 Å². The van der Waals surface area contributed by atoms with Gasteiger partial charge in [-0.05, 0) is 70.6 Å². The maximum absolute atomic E-state index is 13.5. The second kappa shape index (κ2) is 19.1. The molecule has 0 aliphatic carbocycles. The molecule has 2 unspecified atom stereocenters. The molecule has 7 amide bonds. The Bertz CT molecular complexity index is 2310. The second-order valence-corrected chi connectivity index (χ2v) is 21.2. The number of carbonyl (C=O) groups excluding carboxylic acids is 7. The van der Waals surface area contributed by atoms with Crippen molar-refractivity contribution in [1.29, 1.82) is 0 Å². The highest BCUT2D eigenvalue weighted by atomic mass is 16.3. The van der Waals surface area contributed by atoms with E-state index in [1.165, 1.54) is 0 Å². The van der Waals surface area contributed by atoms with Crippen molar-refractivity contribution in [3.8, 4) is 0 Å². The largest absolute Gasteiger partial charge is 0.392 e. The third-order valence-corrected chi connectivity index (χ3v) is 16.1. The summed E-state index contributed by atoms with van der Waals surface area (Å²) in [5.41, 5.74) is 34.9. The van der Waals surface area contributed by atoms with E-state index in [1.807, 2.05) is 61.5 Å². The van der Waals surface area contributed by atoms with Gasteiger partial charge in [0, 0.05) is 131 Å². The molecule has 368 valence electrons. The second-order valence-electron chi connectivity index (χ2n) is 21.2. The van der Waals surface area contributed by atoms with Crippen LogP contribution in [0.4, 0.5) is 0 Å². The van der Waals surface area contributed by atoms with Crippen LogP contribution in [0.3, 0.4) is 0 Å². The summed E-state index contributed by atoms with van der Waals surface area (Å²) >= 11 is 0. The maximum atomic E-state index is 13.5. The SMILES string of the molecule is CC1=C2N=C(C=C3N/C(=C(/C)C4=N[C@@](C)(C5N=C1[C@](C)(CCC(=O)NCC(C)O)[C@H]5CC(N)=O)[C@@](C)(CC(N)=O)[C@@H]4CCC(N)=O)[C@@](C)(CC(N)=O)[C@@H]3CCC(N)=O)C(C)(C)[C@@H]2CCC(N)=O. The number of hydrogen-bond acceptors (Lipinski definition) is 12. The molecule has 0 aromatic heterocycles. The number of allylic oxidation sites excluding steroid dienone is 6. The first-order valence-corrected chi connectivity index (χ1v) is 23.3. The molecule has 5 rings (SSSR count). The van der Waals surface area contributed by atoms with Gasteiger partial charge in [0.25, 0.3) is 0 Å². The van der Waals surface area contributed by atoms with Crippen molar-refractivity contribution in [2.45, 2.75) is 151 Å². The summed E-state index contributed by atoms with van der Waals surface area (Å²) in [5.74, 6) is -6.25. The predicted molar refractivity (Wildman–Crippen MR) is 254 cm³/mol. The van der Waals surface area contributed by atoms with Crippen LogP contribution in [-0.2, 0) is 33.6 Å². The van der Waals surface area contributed by atoms with E-state index < -0.39 is 98.5 Å². The Morgan fingerprint density at radius 3 is 1.81 bits per heavy atom. The van der Waals surface area contributed by atoms with Gasteiger partial charge in [0.05, 0.1) is 17.7 Å². The van der Waals surface area contributed by atoms with E-state index in [0.717, 1.165) is 0 Å². The molecule has 1 fully saturated rings. The minimum absolute atomic E-state index is 0.0237. The number of fused-ring (bicyclic) bond motifs is 6. The Morgan fingerprint density at radius 2 is 1.28 bits per heavy atom. The van der Waals surface area contributed by atoms with Gasteiger partial charge in [0.1, 0.15) is 0 Å². The Labute approximate surface area is 393 Å². The van der Waals surface area contributed by atoms with Crippen LogP contribution in [-0.4, -0.2) is 87.8 Å². The van der Waals surface area contributed by atoms with Crippen LogP contribution in [0, 0.1) is 45.3 Å². The molecule has 0 saturated carbocycles. The van der Waals surface area contributed by atoms with Gasteiger partial charge in [0.2, 0.25) is 41.4 Å². The average Bonchev–Trinajstić information content (AvgIpc) is 3.80. The van der Waals surface area contributed by atoms with Crippen molar-refractivity contribution in [3.05, 3.63) is 34.3 Å². The molecule has 0 radical (unpaired) electrons. The van der Waals surface area contributed by atoms with Crippen molar-refractivity contribution in [2.24, 2.45) is 94.7 Å². The third kappa shape index (κ3) is 9.84. The summed E-state index contributed by atoms with van der Waals surface area (Å²) in [6, 6.07) is -0.913. The summed E-state index contributed by atoms with van der Waals surface area (Å²) in [7, 11) is 0. The van der Waals surface area contributed by atoms with Crippen molar-refractivity contribution in [1.82, 2.24) is 10.6 Å². The number of rotatable bonds is 20. The number of hydrogen-bond donors (Lipinski definition) is 9. The highest BCUT2D eigenvalue weighted by Gasteiger charge is 2.66. The molecule has 5 aliphatic heterocycles. The summed E-state index contributed by atoms with van der Waals surface area (Å²) in [5, 5.41) is 16.4. The standard InChI is InChI=1S/C48H73N11O8/c1-23(60)22-55-38(67)16-17-45(6)29(18-35(52)64)43-48(9)47(8,21-37(54)66)28(12-15-34(51)63)40(59-48)25(3)42-46(7,20-36(53)65)26(10-13-32(49)61)30(56-42)19-31-44(4,5)27(11-14-33(50)62)39(57-31)24(2)41(45)58-43/h19,23,26-29,43,56,60H,10-18,20-22H2,1-9H3,(H2,49,61)(H2,50,62)(H2,51,63)(H2,52,64)(H2,53,65)(H2,54,66)(H,55,67)/b30-19?,39-24?,42-25-/t23?,26-,27-,28-,29+,43?,45-,46+,47+,48+/m1/s1. The van der Waals surface area contributed by atoms with Gasteiger partial charge in [-0.2, -0.15) is 0 Å². The predicted octanol–water partition coefficient (Wildman–Crippen LogP) is 1.74. The van der Waals surface area contributed by atoms with E-state index in [0.29, 0.717) is 51.8 Å². The fourth-order valence-electron chi connectivity index (χ4n) is 12.3. The Hall–Kier alpha value is -5.72. The van der Waals surface area contributed by atoms with E-state index in [-0.39, 0.29) is 76.7 Å². The zero-order valence-electron chi connectivity index (χ0n) is 40.6. The van der Waals surface area contributed by atoms with Gasteiger partial charge in [-0.3, -0.25) is 48.5 Å². The lowest BCUT2D eigenvalue weighted by molar-refractivity contribution is -0.124. The Balaban J connectivity index is 2.00. The Kier molecular flexibility index (Phi) is 14.9. The summed E-state index contributed by atoms with van der Waals surface area (Å²) in [6.07, 6.45) is 1.23. The number of nitrogens with two attached hydrogens (primary N) is 6. The molecular weight excluding hydrogens is 859 g/mol. The third-order valence-electron chi connectivity index (χ3n) is 16.1.